The second kappa shape index (κ2) is 4.72. The second-order valence-electron chi connectivity index (χ2n) is 4.23. The lowest BCUT2D eigenvalue weighted by Crippen LogP contribution is -2.25. The molecule has 16 heavy (non-hydrogen) atoms. The zero-order valence-corrected chi connectivity index (χ0v) is 10.0. The minimum absolute atomic E-state index is 0.345. The van der Waals surface area contributed by atoms with E-state index in [1.54, 1.807) is 0 Å². The van der Waals surface area contributed by atoms with E-state index in [4.69, 9.17) is 0 Å². The van der Waals surface area contributed by atoms with Crippen LogP contribution in [0.3, 0.4) is 0 Å². The van der Waals surface area contributed by atoms with E-state index in [2.05, 4.69) is 11.6 Å². The van der Waals surface area contributed by atoms with E-state index in [1.807, 2.05) is 11.8 Å². The average molecular weight is 243 g/mol. The van der Waals surface area contributed by atoms with Crippen LogP contribution in [0.1, 0.15) is 18.4 Å². The first-order valence-corrected chi connectivity index (χ1v) is 6.57. The van der Waals surface area contributed by atoms with Crippen molar-refractivity contribution in [3.8, 4) is 0 Å². The van der Waals surface area contributed by atoms with E-state index in [9.17, 15) is 8.78 Å². The molecule has 1 N–H and O–H groups in total. The van der Waals surface area contributed by atoms with E-state index in [1.165, 1.54) is 25.0 Å². The summed E-state index contributed by atoms with van der Waals surface area (Å²) in [6, 6.07) is 3.57. The Labute approximate surface area is 98.6 Å². The maximum atomic E-state index is 13.3. The second-order valence-corrected chi connectivity index (χ2v) is 5.50. The maximum absolute atomic E-state index is 13.3. The van der Waals surface area contributed by atoms with Gasteiger partial charge in [0, 0.05) is 23.4 Å². The zero-order chi connectivity index (χ0) is 11.6. The lowest BCUT2D eigenvalue weighted by molar-refractivity contribution is 0.566. The van der Waals surface area contributed by atoms with Crippen molar-refractivity contribution in [2.24, 2.45) is 0 Å². The van der Waals surface area contributed by atoms with Gasteiger partial charge in [0.1, 0.15) is 11.6 Å². The summed E-state index contributed by atoms with van der Waals surface area (Å²) in [6.07, 6.45) is 4.52. The van der Waals surface area contributed by atoms with Gasteiger partial charge in [-0.3, -0.25) is 0 Å². The van der Waals surface area contributed by atoms with Gasteiger partial charge in [-0.05, 0) is 37.3 Å². The standard InChI is InChI=1S/C12H15F2NS/c1-16-12(4-5-12)8-15-7-9-6-10(13)2-3-11(9)14/h2-3,6,15H,4-5,7-8H2,1H3. The SMILES string of the molecule is CSC1(CNCc2cc(F)ccc2F)CC1. The summed E-state index contributed by atoms with van der Waals surface area (Å²) < 4.78 is 26.5. The molecular weight excluding hydrogens is 228 g/mol. The van der Waals surface area contributed by atoms with Crippen molar-refractivity contribution < 1.29 is 8.78 Å². The fourth-order valence-electron chi connectivity index (χ4n) is 1.70. The molecule has 0 aliphatic heterocycles. The lowest BCUT2D eigenvalue weighted by Gasteiger charge is -2.13. The molecule has 2 rings (SSSR count). The Morgan fingerprint density at radius 3 is 2.75 bits per heavy atom. The molecule has 0 radical (unpaired) electrons. The van der Waals surface area contributed by atoms with E-state index in [0.717, 1.165) is 12.6 Å². The van der Waals surface area contributed by atoms with Crippen LogP contribution in [0.2, 0.25) is 0 Å². The average Bonchev–Trinajstić information content (AvgIpc) is 3.04. The Morgan fingerprint density at radius 1 is 1.38 bits per heavy atom. The van der Waals surface area contributed by atoms with Crippen molar-refractivity contribution in [2.75, 3.05) is 12.8 Å². The summed E-state index contributed by atoms with van der Waals surface area (Å²) in [5, 5.41) is 3.20. The molecule has 1 fully saturated rings. The number of rotatable bonds is 5. The van der Waals surface area contributed by atoms with Crippen LogP contribution in [-0.4, -0.2) is 17.5 Å². The van der Waals surface area contributed by atoms with Gasteiger partial charge in [0.2, 0.25) is 0 Å². The largest absolute Gasteiger partial charge is 0.311 e. The van der Waals surface area contributed by atoms with Crippen LogP contribution in [0, 0.1) is 11.6 Å². The highest BCUT2D eigenvalue weighted by molar-refractivity contribution is 8.00. The molecule has 1 saturated carbocycles. The van der Waals surface area contributed by atoms with Gasteiger partial charge in [0.25, 0.3) is 0 Å². The van der Waals surface area contributed by atoms with Gasteiger partial charge in [0.05, 0.1) is 0 Å². The molecule has 0 heterocycles. The number of hydrogen-bond donors (Lipinski definition) is 1. The quantitative estimate of drug-likeness (QED) is 0.853. The van der Waals surface area contributed by atoms with Crippen LogP contribution in [0.15, 0.2) is 18.2 Å². The molecule has 1 aliphatic carbocycles. The third kappa shape index (κ3) is 2.74. The molecular formula is C12H15F2NS. The van der Waals surface area contributed by atoms with Crippen molar-refractivity contribution in [1.29, 1.82) is 0 Å². The first kappa shape index (κ1) is 11.9. The van der Waals surface area contributed by atoms with Crippen molar-refractivity contribution >= 4 is 11.8 Å². The summed E-state index contributed by atoms with van der Waals surface area (Å²) in [4.78, 5) is 0. The van der Waals surface area contributed by atoms with Crippen LogP contribution in [0.4, 0.5) is 8.78 Å². The molecule has 0 saturated heterocycles. The first-order valence-electron chi connectivity index (χ1n) is 5.35. The van der Waals surface area contributed by atoms with Gasteiger partial charge in [-0.15, -0.1) is 0 Å². The fourth-order valence-corrected chi connectivity index (χ4v) is 2.45. The predicted octanol–water partition coefficient (Wildman–Crippen LogP) is 2.95. The highest BCUT2D eigenvalue weighted by Gasteiger charge is 2.41. The summed E-state index contributed by atoms with van der Waals surface area (Å²) in [5.41, 5.74) is 0.400. The Kier molecular flexibility index (Phi) is 3.50. The maximum Gasteiger partial charge on any atom is 0.127 e. The van der Waals surface area contributed by atoms with Crippen molar-refractivity contribution in [1.82, 2.24) is 5.32 Å². The molecule has 0 spiro atoms. The minimum Gasteiger partial charge on any atom is -0.311 e. The van der Waals surface area contributed by atoms with Gasteiger partial charge in [0.15, 0.2) is 0 Å². The molecule has 1 aromatic rings. The lowest BCUT2D eigenvalue weighted by atomic mass is 10.2. The van der Waals surface area contributed by atoms with E-state index in [-0.39, 0.29) is 11.6 Å². The summed E-state index contributed by atoms with van der Waals surface area (Å²) in [7, 11) is 0. The third-order valence-corrected chi connectivity index (χ3v) is 4.43. The molecule has 0 unspecified atom stereocenters. The monoisotopic (exact) mass is 243 g/mol. The van der Waals surface area contributed by atoms with Crippen LogP contribution in [-0.2, 0) is 6.54 Å². The van der Waals surface area contributed by atoms with Crippen LogP contribution < -0.4 is 5.32 Å². The number of halogens is 2. The van der Waals surface area contributed by atoms with Gasteiger partial charge >= 0.3 is 0 Å². The Bertz CT molecular complexity index is 377. The number of hydrogen-bond acceptors (Lipinski definition) is 2. The molecule has 0 bridgehead atoms. The third-order valence-electron chi connectivity index (χ3n) is 3.01. The minimum atomic E-state index is -0.385. The Balaban J connectivity index is 1.87. The highest BCUT2D eigenvalue weighted by atomic mass is 32.2. The molecule has 4 heteroatoms. The van der Waals surface area contributed by atoms with Gasteiger partial charge < -0.3 is 5.32 Å². The Hall–Kier alpha value is -0.610. The number of benzene rings is 1. The van der Waals surface area contributed by atoms with Gasteiger partial charge in [-0.25, -0.2) is 8.78 Å². The summed E-state index contributed by atoms with van der Waals surface area (Å²) >= 11 is 1.85. The summed E-state index contributed by atoms with van der Waals surface area (Å²) in [6.45, 7) is 1.26. The smallest absolute Gasteiger partial charge is 0.127 e. The number of thioether (sulfide) groups is 1. The normalized spacial score (nSPS) is 17.4. The molecule has 88 valence electrons. The number of nitrogens with one attached hydrogen (secondary N) is 1. The Morgan fingerprint density at radius 2 is 2.12 bits per heavy atom. The van der Waals surface area contributed by atoms with Crippen molar-refractivity contribution in [2.45, 2.75) is 24.1 Å². The fraction of sp³-hybridized carbons (Fsp3) is 0.500. The van der Waals surface area contributed by atoms with Crippen LogP contribution >= 0.6 is 11.8 Å². The van der Waals surface area contributed by atoms with Crippen LogP contribution in [0.5, 0.6) is 0 Å². The molecule has 0 aromatic heterocycles. The molecule has 1 nitrogen and oxygen atoms in total. The summed E-state index contributed by atoms with van der Waals surface area (Å²) in [5.74, 6) is -0.730. The van der Waals surface area contributed by atoms with Crippen molar-refractivity contribution in [3.63, 3.8) is 0 Å². The molecule has 0 atom stereocenters. The van der Waals surface area contributed by atoms with E-state index in [0.29, 0.717) is 16.9 Å². The molecule has 1 aliphatic rings. The van der Waals surface area contributed by atoms with E-state index >= 15 is 0 Å². The highest BCUT2D eigenvalue weighted by Crippen LogP contribution is 2.46. The first-order chi connectivity index (χ1) is 7.65. The van der Waals surface area contributed by atoms with Crippen molar-refractivity contribution in [3.05, 3.63) is 35.4 Å². The topological polar surface area (TPSA) is 12.0 Å². The predicted molar refractivity (Wildman–Crippen MR) is 63.5 cm³/mol. The van der Waals surface area contributed by atoms with E-state index < -0.39 is 0 Å². The molecule has 1 aromatic carbocycles. The van der Waals surface area contributed by atoms with Gasteiger partial charge in [-0.2, -0.15) is 11.8 Å². The van der Waals surface area contributed by atoms with Gasteiger partial charge in [-0.1, -0.05) is 0 Å². The van der Waals surface area contributed by atoms with Crippen LogP contribution in [0.25, 0.3) is 0 Å². The zero-order valence-electron chi connectivity index (χ0n) is 9.22. The molecule has 0 amide bonds.